The summed E-state index contributed by atoms with van der Waals surface area (Å²) in [5.74, 6) is -0.880. The SMILES string of the molecule is Cc1cc(Cl)c([C@@H](C)OC[C@H](O)CNC(C)(C)Cc2ccc3ccccc3c2)c2c1O[C@@H]1[C@@H](C(=O)O)[C@H]21. The van der Waals surface area contributed by atoms with E-state index in [1.807, 2.05) is 32.0 Å². The number of carboxylic acid groups (broad SMARTS) is 1. The first-order valence-electron chi connectivity index (χ1n) is 12.8. The van der Waals surface area contributed by atoms with Crippen molar-refractivity contribution in [3.05, 3.63) is 75.8 Å². The van der Waals surface area contributed by atoms with Gasteiger partial charge in [0.25, 0.3) is 0 Å². The van der Waals surface area contributed by atoms with Gasteiger partial charge in [-0.15, -0.1) is 0 Å². The van der Waals surface area contributed by atoms with Gasteiger partial charge in [0.15, 0.2) is 0 Å². The molecule has 1 fully saturated rings. The maximum atomic E-state index is 11.6. The number of hydrogen-bond donors (Lipinski definition) is 3. The Morgan fingerprint density at radius 1 is 1.19 bits per heavy atom. The van der Waals surface area contributed by atoms with Gasteiger partial charge in [0, 0.05) is 34.2 Å². The largest absolute Gasteiger partial charge is 0.488 e. The number of halogens is 1. The van der Waals surface area contributed by atoms with Crippen molar-refractivity contribution in [3.63, 3.8) is 0 Å². The monoisotopic (exact) mass is 523 g/mol. The molecule has 0 amide bonds. The van der Waals surface area contributed by atoms with E-state index in [-0.39, 0.29) is 24.2 Å². The second-order valence-electron chi connectivity index (χ2n) is 11.1. The molecule has 3 aromatic carbocycles. The summed E-state index contributed by atoms with van der Waals surface area (Å²) in [7, 11) is 0. The first kappa shape index (κ1) is 26.0. The summed E-state index contributed by atoms with van der Waals surface area (Å²) in [6, 6.07) is 16.7. The molecule has 1 saturated carbocycles. The number of aryl methyl sites for hydroxylation is 1. The van der Waals surface area contributed by atoms with Gasteiger partial charge in [0.2, 0.25) is 0 Å². The van der Waals surface area contributed by atoms with E-state index in [0.717, 1.165) is 28.9 Å². The molecule has 0 unspecified atom stereocenters. The Balaban J connectivity index is 1.18. The van der Waals surface area contributed by atoms with E-state index in [1.54, 1.807) is 0 Å². The van der Waals surface area contributed by atoms with E-state index in [9.17, 15) is 15.0 Å². The van der Waals surface area contributed by atoms with Gasteiger partial charge in [-0.3, -0.25) is 4.79 Å². The van der Waals surface area contributed by atoms with Crippen molar-refractivity contribution < 1.29 is 24.5 Å². The van der Waals surface area contributed by atoms with E-state index >= 15 is 0 Å². The van der Waals surface area contributed by atoms with Crippen molar-refractivity contribution >= 4 is 28.3 Å². The number of aliphatic hydroxyl groups excluding tert-OH is 1. The lowest BCUT2D eigenvalue weighted by atomic mass is 9.93. The minimum atomic E-state index is -0.856. The Morgan fingerprint density at radius 3 is 2.65 bits per heavy atom. The minimum Gasteiger partial charge on any atom is -0.488 e. The Hall–Kier alpha value is -2.64. The van der Waals surface area contributed by atoms with Crippen LogP contribution < -0.4 is 10.1 Å². The lowest BCUT2D eigenvalue weighted by Gasteiger charge is -2.29. The Bertz CT molecular complexity index is 1340. The first-order valence-corrected chi connectivity index (χ1v) is 13.2. The van der Waals surface area contributed by atoms with E-state index in [1.165, 1.54) is 16.3 Å². The summed E-state index contributed by atoms with van der Waals surface area (Å²) >= 11 is 6.61. The first-order chi connectivity index (χ1) is 17.6. The van der Waals surface area contributed by atoms with Crippen LogP contribution in [0.3, 0.4) is 0 Å². The van der Waals surface area contributed by atoms with Crippen LogP contribution in [0.2, 0.25) is 5.02 Å². The highest BCUT2D eigenvalue weighted by atomic mass is 35.5. The zero-order valence-corrected chi connectivity index (χ0v) is 22.4. The summed E-state index contributed by atoms with van der Waals surface area (Å²) in [5, 5.41) is 26.6. The average Bonchev–Trinajstić information content (AvgIpc) is 3.44. The van der Waals surface area contributed by atoms with Gasteiger partial charge in [-0.1, -0.05) is 54.1 Å². The van der Waals surface area contributed by atoms with Gasteiger partial charge < -0.3 is 25.0 Å². The van der Waals surface area contributed by atoms with E-state index in [2.05, 4.69) is 49.5 Å². The Morgan fingerprint density at radius 2 is 1.92 bits per heavy atom. The number of aliphatic carboxylic acids is 1. The van der Waals surface area contributed by atoms with Crippen LogP contribution in [0, 0.1) is 12.8 Å². The molecule has 0 spiro atoms. The van der Waals surface area contributed by atoms with Crippen LogP contribution in [0.1, 0.15) is 55.0 Å². The number of benzene rings is 3. The molecule has 1 aliphatic heterocycles. The molecule has 5 rings (SSSR count). The summed E-state index contributed by atoms with van der Waals surface area (Å²) in [5.41, 5.74) is 3.51. The van der Waals surface area contributed by atoms with Crippen molar-refractivity contribution in [1.29, 1.82) is 0 Å². The number of carboxylic acids is 1. The van der Waals surface area contributed by atoms with E-state index < -0.39 is 24.1 Å². The number of aliphatic hydroxyl groups is 1. The lowest BCUT2D eigenvalue weighted by molar-refractivity contribution is -0.139. The molecule has 37 heavy (non-hydrogen) atoms. The Labute approximate surface area is 222 Å². The normalized spacial score (nSPS) is 21.7. The van der Waals surface area contributed by atoms with Crippen LogP contribution in [0.5, 0.6) is 5.75 Å². The van der Waals surface area contributed by atoms with Crippen LogP contribution in [0.25, 0.3) is 10.8 Å². The second-order valence-corrected chi connectivity index (χ2v) is 11.5. The standard InChI is InChI=1S/C30H34ClNO5/c1-16-11-22(31)23(24-25-26(29(34)35)28(25)37-27(16)24)17(2)36-15-21(33)14-32-30(3,4)13-18-9-10-19-7-5-6-8-20(19)12-18/h5-12,17,21,25-26,28,32-33H,13-15H2,1-4H3,(H,34,35)/t17-,21-,25+,26+,28+/m1/s1. The molecule has 0 aromatic heterocycles. The molecule has 196 valence electrons. The lowest BCUT2D eigenvalue weighted by Crippen LogP contribution is -2.46. The fourth-order valence-corrected chi connectivity index (χ4v) is 6.03. The maximum absolute atomic E-state index is 11.6. The molecular weight excluding hydrogens is 490 g/mol. The highest BCUT2D eigenvalue weighted by Gasteiger charge is 2.64. The predicted molar refractivity (Wildman–Crippen MR) is 145 cm³/mol. The van der Waals surface area contributed by atoms with Gasteiger partial charge in [-0.05, 0) is 62.1 Å². The zero-order valence-electron chi connectivity index (χ0n) is 21.6. The van der Waals surface area contributed by atoms with Gasteiger partial charge in [-0.25, -0.2) is 0 Å². The average molecular weight is 524 g/mol. The van der Waals surface area contributed by atoms with Crippen LogP contribution in [-0.2, 0) is 16.0 Å². The van der Waals surface area contributed by atoms with Crippen LogP contribution in [0.4, 0.5) is 0 Å². The van der Waals surface area contributed by atoms with Crippen molar-refractivity contribution in [3.8, 4) is 5.75 Å². The molecular formula is C30H34ClNO5. The summed E-state index contributed by atoms with van der Waals surface area (Å²) < 4.78 is 12.0. The van der Waals surface area contributed by atoms with Gasteiger partial charge >= 0.3 is 5.97 Å². The number of β-amino-alcohol motifs (C(OH)–C–C–N with tert-alkyl or cyclic N) is 1. The molecule has 3 aromatic rings. The number of carbonyl (C=O) groups is 1. The molecule has 7 heteroatoms. The third-order valence-electron chi connectivity index (χ3n) is 7.54. The van der Waals surface area contributed by atoms with Crippen molar-refractivity contribution in [2.45, 2.75) is 63.9 Å². The molecule has 0 radical (unpaired) electrons. The van der Waals surface area contributed by atoms with Gasteiger partial charge in [-0.2, -0.15) is 0 Å². The van der Waals surface area contributed by atoms with Crippen molar-refractivity contribution in [2.75, 3.05) is 13.2 Å². The molecule has 6 nitrogen and oxygen atoms in total. The fraction of sp³-hybridized carbons (Fsp3) is 0.433. The van der Waals surface area contributed by atoms with Crippen LogP contribution >= 0.6 is 11.6 Å². The van der Waals surface area contributed by atoms with Crippen molar-refractivity contribution in [1.82, 2.24) is 5.32 Å². The van der Waals surface area contributed by atoms with E-state index in [0.29, 0.717) is 11.6 Å². The third kappa shape index (κ3) is 5.21. The smallest absolute Gasteiger partial charge is 0.311 e. The topological polar surface area (TPSA) is 88.0 Å². The summed E-state index contributed by atoms with van der Waals surface area (Å²) in [6.07, 6.45) is -0.651. The maximum Gasteiger partial charge on any atom is 0.311 e. The third-order valence-corrected chi connectivity index (χ3v) is 7.85. The number of ether oxygens (including phenoxy) is 2. The number of rotatable bonds is 10. The molecule has 0 bridgehead atoms. The molecule has 2 aliphatic rings. The van der Waals surface area contributed by atoms with E-state index in [4.69, 9.17) is 21.1 Å². The number of fused-ring (bicyclic) bond motifs is 4. The Kier molecular flexibility index (Phi) is 6.96. The highest BCUT2D eigenvalue weighted by Crippen LogP contribution is 2.62. The molecule has 1 aliphatic carbocycles. The molecule has 0 saturated heterocycles. The molecule has 3 N–H and O–H groups in total. The predicted octanol–water partition coefficient (Wildman–Crippen LogP) is 5.41. The number of nitrogens with one attached hydrogen (secondary N) is 1. The zero-order chi connectivity index (χ0) is 26.5. The second kappa shape index (κ2) is 9.91. The van der Waals surface area contributed by atoms with Crippen molar-refractivity contribution in [2.24, 2.45) is 5.92 Å². The minimum absolute atomic E-state index is 0.122. The molecule has 1 heterocycles. The van der Waals surface area contributed by atoms with Gasteiger partial charge in [0.05, 0.1) is 18.8 Å². The molecule has 5 atom stereocenters. The van der Waals surface area contributed by atoms with Crippen LogP contribution in [0.15, 0.2) is 48.5 Å². The van der Waals surface area contributed by atoms with Gasteiger partial charge in [0.1, 0.15) is 17.8 Å². The number of hydrogen-bond acceptors (Lipinski definition) is 5. The summed E-state index contributed by atoms with van der Waals surface area (Å²) in [4.78, 5) is 11.6. The fourth-order valence-electron chi connectivity index (χ4n) is 5.61. The quantitative estimate of drug-likeness (QED) is 0.329. The van der Waals surface area contributed by atoms with Crippen LogP contribution in [-0.4, -0.2) is 47.1 Å². The summed E-state index contributed by atoms with van der Waals surface area (Å²) in [6.45, 7) is 8.54. The highest BCUT2D eigenvalue weighted by molar-refractivity contribution is 6.31.